The second-order valence-corrected chi connectivity index (χ2v) is 8.08. The number of nitrogens with one attached hydrogen (secondary N) is 1. The van der Waals surface area contributed by atoms with Gasteiger partial charge in [-0.2, -0.15) is 4.98 Å². The molecule has 0 unspecified atom stereocenters. The zero-order valence-corrected chi connectivity index (χ0v) is 18.5. The number of hydrogen-bond donors (Lipinski definition) is 3. The number of imidazole rings is 1. The second-order valence-electron chi connectivity index (χ2n) is 8.08. The van der Waals surface area contributed by atoms with E-state index >= 15 is 0 Å². The summed E-state index contributed by atoms with van der Waals surface area (Å²) in [7, 11) is 0. The molecule has 0 aliphatic carbocycles. The lowest BCUT2D eigenvalue weighted by Crippen LogP contribution is -2.40. The van der Waals surface area contributed by atoms with Gasteiger partial charge in [-0.15, -0.1) is 0 Å². The highest BCUT2D eigenvalue weighted by Gasteiger charge is 2.51. The first-order chi connectivity index (χ1) is 17.0. The summed E-state index contributed by atoms with van der Waals surface area (Å²) >= 11 is 0. The molecular weight excluding hydrogens is 454 g/mol. The van der Waals surface area contributed by atoms with Crippen molar-refractivity contribution in [2.45, 2.75) is 37.8 Å². The fourth-order valence-corrected chi connectivity index (χ4v) is 4.08. The van der Waals surface area contributed by atoms with Crippen molar-refractivity contribution in [2.24, 2.45) is 0 Å². The van der Waals surface area contributed by atoms with Crippen molar-refractivity contribution in [3.63, 3.8) is 0 Å². The molecule has 0 radical (unpaired) electrons. The van der Waals surface area contributed by atoms with Crippen LogP contribution in [0.4, 0.5) is 5.95 Å². The lowest BCUT2D eigenvalue weighted by atomic mass is 10.1. The van der Waals surface area contributed by atoms with Gasteiger partial charge < -0.3 is 25.1 Å². The third-order valence-electron chi connectivity index (χ3n) is 5.73. The Labute approximate surface area is 199 Å². The molecule has 0 bridgehead atoms. The number of carboxylic acid groups (broad SMARTS) is 1. The SMILES string of the molecule is Nc1nc2c(ncn2[C@@H]2O[C@H](C(=O)O)[C@@H](OCc3ccccc3)[C@@H]2OCc2ccccc2)c(=O)[nH]1. The summed E-state index contributed by atoms with van der Waals surface area (Å²) in [5.41, 5.74) is 7.18. The molecule has 11 nitrogen and oxygen atoms in total. The number of anilines is 1. The first kappa shape index (κ1) is 22.7. The molecule has 1 saturated heterocycles. The minimum atomic E-state index is -1.33. The number of fused-ring (bicyclic) bond motifs is 1. The normalized spacial score (nSPS) is 21.9. The summed E-state index contributed by atoms with van der Waals surface area (Å²) in [6.07, 6.45) is -2.78. The average molecular weight is 477 g/mol. The molecule has 4 N–H and O–H groups in total. The van der Waals surface area contributed by atoms with Gasteiger partial charge in [0.25, 0.3) is 5.56 Å². The number of carboxylic acids is 1. The van der Waals surface area contributed by atoms with Gasteiger partial charge in [-0.05, 0) is 11.1 Å². The maximum Gasteiger partial charge on any atom is 0.335 e. The summed E-state index contributed by atoms with van der Waals surface area (Å²) in [6, 6.07) is 18.8. The van der Waals surface area contributed by atoms with Crippen LogP contribution in [0.15, 0.2) is 71.8 Å². The Bertz CT molecular complexity index is 1370. The minimum Gasteiger partial charge on any atom is -0.479 e. The molecule has 0 saturated carbocycles. The number of hydrogen-bond acceptors (Lipinski definition) is 8. The maximum atomic E-state index is 12.3. The zero-order valence-electron chi connectivity index (χ0n) is 18.5. The largest absolute Gasteiger partial charge is 0.479 e. The average Bonchev–Trinajstić information content (AvgIpc) is 3.44. The Morgan fingerprint density at radius 2 is 1.63 bits per heavy atom. The molecule has 0 spiro atoms. The third kappa shape index (κ3) is 4.64. The molecule has 1 aliphatic rings. The molecule has 5 rings (SSSR count). The van der Waals surface area contributed by atoms with Gasteiger partial charge >= 0.3 is 5.97 Å². The molecule has 2 aromatic carbocycles. The Hall–Kier alpha value is -4.06. The molecule has 4 aromatic rings. The summed E-state index contributed by atoms with van der Waals surface area (Å²) < 4.78 is 19.7. The maximum absolute atomic E-state index is 12.3. The summed E-state index contributed by atoms with van der Waals surface area (Å²) in [4.78, 5) is 35.1. The van der Waals surface area contributed by atoms with Crippen molar-refractivity contribution in [3.05, 3.63) is 88.5 Å². The molecule has 180 valence electrons. The second kappa shape index (κ2) is 9.66. The molecular formula is C24H23N5O6. The highest BCUT2D eigenvalue weighted by molar-refractivity contribution is 5.74. The number of benzene rings is 2. The molecule has 35 heavy (non-hydrogen) atoms. The summed E-state index contributed by atoms with van der Waals surface area (Å²) in [5, 5.41) is 9.92. The van der Waals surface area contributed by atoms with E-state index in [0.29, 0.717) is 0 Å². The number of carbonyl (C=O) groups is 1. The van der Waals surface area contributed by atoms with Crippen molar-refractivity contribution in [1.82, 2.24) is 19.5 Å². The van der Waals surface area contributed by atoms with E-state index in [-0.39, 0.29) is 30.3 Å². The van der Waals surface area contributed by atoms with E-state index in [4.69, 9.17) is 19.9 Å². The van der Waals surface area contributed by atoms with E-state index in [9.17, 15) is 14.7 Å². The number of ether oxygens (including phenoxy) is 3. The fourth-order valence-electron chi connectivity index (χ4n) is 4.08. The Kier molecular flexibility index (Phi) is 6.27. The molecule has 11 heteroatoms. The van der Waals surface area contributed by atoms with Crippen molar-refractivity contribution in [1.29, 1.82) is 0 Å². The van der Waals surface area contributed by atoms with E-state index in [1.807, 2.05) is 60.7 Å². The highest BCUT2D eigenvalue weighted by Crippen LogP contribution is 2.36. The van der Waals surface area contributed by atoms with Gasteiger partial charge in [0.2, 0.25) is 5.95 Å². The molecule has 1 fully saturated rings. The van der Waals surface area contributed by atoms with Gasteiger partial charge in [-0.3, -0.25) is 14.3 Å². The number of nitrogen functional groups attached to an aromatic ring is 1. The number of aromatic nitrogens is 4. The van der Waals surface area contributed by atoms with E-state index in [1.54, 1.807) is 0 Å². The monoisotopic (exact) mass is 477 g/mol. The number of rotatable bonds is 8. The van der Waals surface area contributed by atoms with Crippen molar-refractivity contribution in [2.75, 3.05) is 5.73 Å². The lowest BCUT2D eigenvalue weighted by Gasteiger charge is -2.25. The minimum absolute atomic E-state index is 0.0464. The van der Waals surface area contributed by atoms with Gasteiger partial charge in [0.05, 0.1) is 19.5 Å². The van der Waals surface area contributed by atoms with Gasteiger partial charge in [-0.1, -0.05) is 60.7 Å². The topological polar surface area (TPSA) is 155 Å². The first-order valence-electron chi connectivity index (χ1n) is 10.9. The van der Waals surface area contributed by atoms with E-state index < -0.39 is 36.1 Å². The molecule has 3 heterocycles. The quantitative estimate of drug-likeness (QED) is 0.345. The van der Waals surface area contributed by atoms with Gasteiger partial charge in [0.1, 0.15) is 12.2 Å². The predicted molar refractivity (Wildman–Crippen MR) is 124 cm³/mol. The zero-order chi connectivity index (χ0) is 24.4. The van der Waals surface area contributed by atoms with E-state index in [1.165, 1.54) is 10.9 Å². The van der Waals surface area contributed by atoms with Crippen LogP contribution in [-0.4, -0.2) is 48.9 Å². The number of aliphatic carboxylic acids is 1. The van der Waals surface area contributed by atoms with Crippen molar-refractivity contribution < 1.29 is 24.1 Å². The van der Waals surface area contributed by atoms with Gasteiger partial charge in [0.15, 0.2) is 23.5 Å². The summed E-state index contributed by atoms with van der Waals surface area (Å²) in [5.74, 6) is -1.30. The number of H-pyrrole nitrogens is 1. The number of nitrogens with two attached hydrogens (primary N) is 1. The number of nitrogens with zero attached hydrogens (tertiary/aromatic N) is 3. The standard InChI is InChI=1S/C24H23N5O6/c25-24-27-20-16(21(30)28-24)26-13-29(20)22-18(34-12-15-9-5-2-6-10-15)17(19(35-22)23(31)32)33-11-14-7-3-1-4-8-14/h1-10,13,17-19,22H,11-12H2,(H,31,32)(H3,25,27,28,30)/t17-,18-,19-,22+/m0/s1. The third-order valence-corrected chi connectivity index (χ3v) is 5.73. The first-order valence-corrected chi connectivity index (χ1v) is 10.9. The van der Waals surface area contributed by atoms with Crippen LogP contribution in [0.1, 0.15) is 17.4 Å². The van der Waals surface area contributed by atoms with Gasteiger partial charge in [0, 0.05) is 0 Å². The van der Waals surface area contributed by atoms with Crippen molar-refractivity contribution in [3.8, 4) is 0 Å². The van der Waals surface area contributed by atoms with Crippen LogP contribution in [0.3, 0.4) is 0 Å². The Balaban J connectivity index is 1.51. The smallest absolute Gasteiger partial charge is 0.335 e. The predicted octanol–water partition coefficient (Wildman–Crippen LogP) is 1.85. The van der Waals surface area contributed by atoms with Crippen LogP contribution < -0.4 is 11.3 Å². The van der Waals surface area contributed by atoms with Crippen LogP contribution >= 0.6 is 0 Å². The fraction of sp³-hybridized carbons (Fsp3) is 0.250. The molecule has 4 atom stereocenters. The lowest BCUT2D eigenvalue weighted by molar-refractivity contribution is -0.157. The van der Waals surface area contributed by atoms with Crippen LogP contribution in [0, 0.1) is 0 Å². The highest BCUT2D eigenvalue weighted by atomic mass is 16.6. The summed E-state index contributed by atoms with van der Waals surface area (Å²) in [6.45, 7) is 0.345. The Morgan fingerprint density at radius 3 is 2.23 bits per heavy atom. The van der Waals surface area contributed by atoms with Gasteiger partial charge in [-0.25, -0.2) is 9.78 Å². The van der Waals surface area contributed by atoms with Crippen molar-refractivity contribution >= 4 is 23.1 Å². The van der Waals surface area contributed by atoms with E-state index in [2.05, 4.69) is 15.0 Å². The molecule has 2 aromatic heterocycles. The van der Waals surface area contributed by atoms with Crippen LogP contribution in [0.2, 0.25) is 0 Å². The molecule has 0 amide bonds. The molecule has 1 aliphatic heterocycles. The van der Waals surface area contributed by atoms with Crippen LogP contribution in [0.5, 0.6) is 0 Å². The van der Waals surface area contributed by atoms with Crippen LogP contribution in [0.25, 0.3) is 11.2 Å². The Morgan fingerprint density at radius 1 is 1.03 bits per heavy atom. The van der Waals surface area contributed by atoms with E-state index in [0.717, 1.165) is 11.1 Å². The number of aromatic amines is 1. The van der Waals surface area contributed by atoms with Crippen LogP contribution in [-0.2, 0) is 32.2 Å².